The number of amides is 4. The first-order valence-corrected chi connectivity index (χ1v) is 16.8. The van der Waals surface area contributed by atoms with Crippen LogP contribution in [0.2, 0.25) is 0 Å². The Labute approximate surface area is 254 Å². The van der Waals surface area contributed by atoms with Gasteiger partial charge in [0.15, 0.2) is 12.2 Å². The molecule has 0 aliphatic heterocycles. The molecule has 0 aliphatic carbocycles. The van der Waals surface area contributed by atoms with Crippen molar-refractivity contribution in [3.05, 3.63) is 0 Å². The number of carbonyl (C=O) groups is 4. The largest absolute Gasteiger partial charge is 0.380 e. The lowest BCUT2D eigenvalue weighted by molar-refractivity contribution is -0.146. The topological polar surface area (TPSA) is 157 Å². The fourth-order valence-corrected chi connectivity index (χ4v) is 4.54. The number of unbranched alkanes of at least 4 members (excludes halogenated alkanes) is 14. The van der Waals surface area contributed by atoms with Gasteiger partial charge in [-0.05, 0) is 38.5 Å². The Morgan fingerprint density at radius 3 is 1.05 bits per heavy atom. The third-order valence-electron chi connectivity index (χ3n) is 7.30. The third kappa shape index (κ3) is 24.4. The molecule has 246 valence electrons. The Balaban J connectivity index is 3.69. The number of rotatable bonds is 29. The Morgan fingerprint density at radius 2 is 0.714 bits per heavy atom. The summed E-state index contributed by atoms with van der Waals surface area (Å²) >= 11 is 0. The molecule has 0 rings (SSSR count). The van der Waals surface area contributed by atoms with E-state index in [0.717, 1.165) is 64.2 Å². The number of carbonyl (C=O) groups excluding carboxylic acids is 4. The van der Waals surface area contributed by atoms with Crippen molar-refractivity contribution < 1.29 is 29.4 Å². The van der Waals surface area contributed by atoms with Crippen LogP contribution in [-0.4, -0.2) is 72.2 Å². The summed E-state index contributed by atoms with van der Waals surface area (Å²) in [5, 5.41) is 31.1. The molecule has 6 N–H and O–H groups in total. The zero-order valence-electron chi connectivity index (χ0n) is 26.7. The van der Waals surface area contributed by atoms with E-state index in [-0.39, 0.29) is 11.8 Å². The summed E-state index contributed by atoms with van der Waals surface area (Å²) in [7, 11) is 0. The van der Waals surface area contributed by atoms with E-state index in [1.165, 1.54) is 38.5 Å². The monoisotopic (exact) mass is 598 g/mol. The molecule has 4 amide bonds. The molecule has 0 bridgehead atoms. The normalized spacial score (nSPS) is 12.4. The quantitative estimate of drug-likeness (QED) is 0.0714. The van der Waals surface area contributed by atoms with Crippen LogP contribution in [0.5, 0.6) is 0 Å². The number of aliphatic hydroxyl groups is 2. The van der Waals surface area contributed by atoms with Crippen LogP contribution in [0.4, 0.5) is 0 Å². The van der Waals surface area contributed by atoms with Gasteiger partial charge >= 0.3 is 0 Å². The van der Waals surface area contributed by atoms with Crippen molar-refractivity contribution in [3.63, 3.8) is 0 Å². The molecule has 0 saturated heterocycles. The van der Waals surface area contributed by atoms with Gasteiger partial charge in [-0.1, -0.05) is 90.9 Å². The van der Waals surface area contributed by atoms with E-state index in [2.05, 4.69) is 35.1 Å². The van der Waals surface area contributed by atoms with Crippen molar-refractivity contribution in [2.75, 3.05) is 26.2 Å². The van der Waals surface area contributed by atoms with Crippen molar-refractivity contribution in [1.82, 2.24) is 21.3 Å². The standard InChI is InChI=1S/C32H62N4O6/c1-3-5-7-9-15-21-27(37)33-23-17-11-13-19-25-35-31(41)29(39)30(40)32(42)36-26-20-14-12-18-24-34-28(38)22-16-10-8-6-4-2/h29-30,39-40H,3-26H2,1-2H3,(H,33,37)(H,34,38)(H,35,41)(H,36,42)/t29-,30-/m1/s1. The molecule has 0 unspecified atom stereocenters. The minimum Gasteiger partial charge on any atom is -0.380 e. The predicted octanol–water partition coefficient (Wildman–Crippen LogP) is 4.01. The van der Waals surface area contributed by atoms with Crippen LogP contribution >= 0.6 is 0 Å². The van der Waals surface area contributed by atoms with Gasteiger partial charge in [0.05, 0.1) is 0 Å². The van der Waals surface area contributed by atoms with Crippen molar-refractivity contribution >= 4 is 23.6 Å². The van der Waals surface area contributed by atoms with Crippen LogP contribution in [0.25, 0.3) is 0 Å². The molecule has 0 saturated carbocycles. The Kier molecular flexibility index (Phi) is 27.4. The van der Waals surface area contributed by atoms with Crippen LogP contribution in [0, 0.1) is 0 Å². The fraction of sp³-hybridized carbons (Fsp3) is 0.875. The van der Waals surface area contributed by atoms with E-state index in [0.29, 0.717) is 51.9 Å². The first kappa shape index (κ1) is 39.8. The molecule has 10 nitrogen and oxygen atoms in total. The molecular weight excluding hydrogens is 536 g/mol. The Morgan fingerprint density at radius 1 is 0.429 bits per heavy atom. The lowest BCUT2D eigenvalue weighted by atomic mass is 10.1. The maximum atomic E-state index is 12.1. The number of nitrogens with one attached hydrogen (secondary N) is 4. The highest BCUT2D eigenvalue weighted by Crippen LogP contribution is 2.06. The van der Waals surface area contributed by atoms with E-state index in [9.17, 15) is 29.4 Å². The van der Waals surface area contributed by atoms with Crippen molar-refractivity contribution in [3.8, 4) is 0 Å². The summed E-state index contributed by atoms with van der Waals surface area (Å²) in [5.41, 5.74) is 0. The predicted molar refractivity (Wildman–Crippen MR) is 168 cm³/mol. The first-order valence-electron chi connectivity index (χ1n) is 16.8. The van der Waals surface area contributed by atoms with Crippen LogP contribution in [0.15, 0.2) is 0 Å². The minimum absolute atomic E-state index is 0.107. The molecule has 0 aliphatic rings. The maximum absolute atomic E-state index is 12.1. The molecule has 0 fully saturated rings. The average Bonchev–Trinajstić information content (AvgIpc) is 2.98. The molecule has 0 spiro atoms. The van der Waals surface area contributed by atoms with E-state index in [4.69, 9.17) is 0 Å². The Bertz CT molecular complexity index is 648. The molecule has 0 aromatic heterocycles. The average molecular weight is 599 g/mol. The van der Waals surface area contributed by atoms with Crippen LogP contribution in [-0.2, 0) is 19.2 Å². The fourth-order valence-electron chi connectivity index (χ4n) is 4.54. The van der Waals surface area contributed by atoms with Gasteiger partial charge in [-0.2, -0.15) is 0 Å². The maximum Gasteiger partial charge on any atom is 0.252 e. The molecule has 0 heterocycles. The zero-order chi connectivity index (χ0) is 31.3. The van der Waals surface area contributed by atoms with Gasteiger partial charge in [-0.15, -0.1) is 0 Å². The molecule has 10 heteroatoms. The molecular formula is C32H62N4O6. The van der Waals surface area contributed by atoms with Crippen molar-refractivity contribution in [1.29, 1.82) is 0 Å². The molecule has 0 aromatic carbocycles. The number of aliphatic hydroxyl groups excluding tert-OH is 2. The van der Waals surface area contributed by atoms with Gasteiger partial charge in [0.1, 0.15) is 0 Å². The van der Waals surface area contributed by atoms with Gasteiger partial charge in [0.2, 0.25) is 11.8 Å². The summed E-state index contributed by atoms with van der Waals surface area (Å²) in [5.74, 6) is -1.33. The lowest BCUT2D eigenvalue weighted by Crippen LogP contribution is -2.49. The highest BCUT2D eigenvalue weighted by atomic mass is 16.3. The summed E-state index contributed by atoms with van der Waals surface area (Å²) in [6.07, 6.45) is 15.5. The third-order valence-corrected chi connectivity index (χ3v) is 7.30. The highest BCUT2D eigenvalue weighted by molar-refractivity contribution is 5.90. The van der Waals surface area contributed by atoms with E-state index in [1.807, 2.05) is 0 Å². The van der Waals surface area contributed by atoms with Gasteiger partial charge in [-0.25, -0.2) is 0 Å². The second-order valence-electron chi connectivity index (χ2n) is 11.3. The summed E-state index contributed by atoms with van der Waals surface area (Å²) in [6, 6.07) is 0. The zero-order valence-corrected chi connectivity index (χ0v) is 26.7. The van der Waals surface area contributed by atoms with E-state index < -0.39 is 24.0 Å². The molecule has 0 radical (unpaired) electrons. The Hall–Kier alpha value is -2.20. The van der Waals surface area contributed by atoms with Crippen LogP contribution < -0.4 is 21.3 Å². The number of hydrogen-bond donors (Lipinski definition) is 6. The lowest BCUT2D eigenvalue weighted by Gasteiger charge is -2.17. The minimum atomic E-state index is -1.82. The van der Waals surface area contributed by atoms with E-state index in [1.54, 1.807) is 0 Å². The second-order valence-corrected chi connectivity index (χ2v) is 11.3. The number of hydrogen-bond acceptors (Lipinski definition) is 6. The summed E-state index contributed by atoms with van der Waals surface area (Å²) in [6.45, 7) is 6.32. The van der Waals surface area contributed by atoms with Crippen LogP contribution in [0.3, 0.4) is 0 Å². The molecule has 42 heavy (non-hydrogen) atoms. The van der Waals surface area contributed by atoms with Gasteiger partial charge in [-0.3, -0.25) is 19.2 Å². The van der Waals surface area contributed by atoms with Crippen molar-refractivity contribution in [2.24, 2.45) is 0 Å². The molecule has 2 atom stereocenters. The smallest absolute Gasteiger partial charge is 0.252 e. The molecule has 0 aromatic rings. The summed E-state index contributed by atoms with van der Waals surface area (Å²) in [4.78, 5) is 47.8. The first-order chi connectivity index (χ1) is 20.3. The van der Waals surface area contributed by atoms with E-state index >= 15 is 0 Å². The van der Waals surface area contributed by atoms with Crippen LogP contribution in [0.1, 0.15) is 142 Å². The highest BCUT2D eigenvalue weighted by Gasteiger charge is 2.29. The van der Waals surface area contributed by atoms with Gasteiger partial charge in [0.25, 0.3) is 11.8 Å². The van der Waals surface area contributed by atoms with Gasteiger partial charge < -0.3 is 31.5 Å². The SMILES string of the molecule is CCCCCCCC(=O)NCCCCCCNC(=O)[C@H](O)[C@@H](O)C(=O)NCCCCCCNC(=O)CCCCCCC. The summed E-state index contributed by atoms with van der Waals surface area (Å²) < 4.78 is 0. The second kappa shape index (κ2) is 28.9. The van der Waals surface area contributed by atoms with Gasteiger partial charge in [0, 0.05) is 39.0 Å². The van der Waals surface area contributed by atoms with Crippen molar-refractivity contribution in [2.45, 2.75) is 154 Å².